The number of nitrogens with one attached hydrogen (secondary N) is 2. The van der Waals surface area contributed by atoms with Crippen LogP contribution in [0.25, 0.3) is 0 Å². The highest BCUT2D eigenvalue weighted by Gasteiger charge is 2.00. The summed E-state index contributed by atoms with van der Waals surface area (Å²) in [6.45, 7) is 0.842. The molecule has 0 aliphatic heterocycles. The van der Waals surface area contributed by atoms with Gasteiger partial charge in [0, 0.05) is 28.0 Å². The van der Waals surface area contributed by atoms with Crippen molar-refractivity contribution >= 4 is 58.0 Å². The van der Waals surface area contributed by atoms with Gasteiger partial charge < -0.3 is 10.6 Å². The normalized spacial score (nSPS) is 10.3. The predicted molar refractivity (Wildman–Crippen MR) is 108 cm³/mol. The number of thioether (sulfide) groups is 1. The standard InChI is InChI=1S/C17H18Cl2N2S2/c18-14-6-8-15(9-7-14)21-17(22)20-10-3-11-23-12-13-4-1-2-5-16(13)19/h1-2,4-9H,3,10-12H2,(H2,20,21,22). The first kappa shape index (κ1) is 18.4. The third-order valence-electron chi connectivity index (χ3n) is 3.07. The summed E-state index contributed by atoms with van der Waals surface area (Å²) >= 11 is 19.1. The van der Waals surface area contributed by atoms with Gasteiger partial charge in [-0.25, -0.2) is 0 Å². The summed E-state index contributed by atoms with van der Waals surface area (Å²) in [5.74, 6) is 1.99. The first-order chi connectivity index (χ1) is 11.1. The summed E-state index contributed by atoms with van der Waals surface area (Å²) in [6, 6.07) is 15.4. The van der Waals surface area contributed by atoms with E-state index in [9.17, 15) is 0 Å². The van der Waals surface area contributed by atoms with Crippen LogP contribution < -0.4 is 10.6 Å². The maximum absolute atomic E-state index is 6.13. The minimum atomic E-state index is 0.628. The lowest BCUT2D eigenvalue weighted by Gasteiger charge is -2.10. The Morgan fingerprint density at radius 1 is 1.04 bits per heavy atom. The molecule has 0 unspecified atom stereocenters. The Morgan fingerprint density at radius 2 is 1.78 bits per heavy atom. The third kappa shape index (κ3) is 7.00. The van der Waals surface area contributed by atoms with Crippen LogP contribution in [-0.4, -0.2) is 17.4 Å². The molecule has 0 atom stereocenters. The molecule has 0 aliphatic rings. The first-order valence-electron chi connectivity index (χ1n) is 7.27. The Labute approximate surface area is 157 Å². The zero-order valence-electron chi connectivity index (χ0n) is 12.5. The van der Waals surface area contributed by atoms with Crippen molar-refractivity contribution in [1.29, 1.82) is 0 Å². The van der Waals surface area contributed by atoms with E-state index in [0.29, 0.717) is 10.1 Å². The molecule has 0 fully saturated rings. The second kappa shape index (κ2) is 10.0. The maximum atomic E-state index is 6.13. The van der Waals surface area contributed by atoms with E-state index in [0.717, 1.165) is 35.2 Å². The highest BCUT2D eigenvalue weighted by molar-refractivity contribution is 7.98. The molecule has 2 nitrogen and oxygen atoms in total. The van der Waals surface area contributed by atoms with Crippen LogP contribution in [0.5, 0.6) is 0 Å². The van der Waals surface area contributed by atoms with Crippen molar-refractivity contribution in [1.82, 2.24) is 5.32 Å². The second-order valence-corrected chi connectivity index (χ2v) is 7.24. The van der Waals surface area contributed by atoms with Gasteiger partial charge in [0.2, 0.25) is 0 Å². The monoisotopic (exact) mass is 384 g/mol. The van der Waals surface area contributed by atoms with Gasteiger partial charge in [0.05, 0.1) is 0 Å². The van der Waals surface area contributed by atoms with Crippen molar-refractivity contribution in [3.05, 3.63) is 64.1 Å². The molecular weight excluding hydrogens is 367 g/mol. The smallest absolute Gasteiger partial charge is 0.170 e. The summed E-state index contributed by atoms with van der Waals surface area (Å²) in [4.78, 5) is 0. The minimum absolute atomic E-state index is 0.628. The largest absolute Gasteiger partial charge is 0.362 e. The average molecular weight is 385 g/mol. The zero-order valence-corrected chi connectivity index (χ0v) is 15.7. The molecule has 0 heterocycles. The molecule has 0 saturated heterocycles. The summed E-state index contributed by atoms with van der Waals surface area (Å²) in [5.41, 5.74) is 2.12. The van der Waals surface area contributed by atoms with Gasteiger partial charge in [-0.15, -0.1) is 0 Å². The highest BCUT2D eigenvalue weighted by Crippen LogP contribution is 2.20. The van der Waals surface area contributed by atoms with E-state index < -0.39 is 0 Å². The molecule has 0 amide bonds. The Bertz CT molecular complexity index is 633. The van der Waals surface area contributed by atoms with Crippen molar-refractivity contribution in [2.24, 2.45) is 0 Å². The van der Waals surface area contributed by atoms with Crippen LogP contribution in [-0.2, 0) is 5.75 Å². The first-order valence-corrected chi connectivity index (χ1v) is 9.58. The summed E-state index contributed by atoms with van der Waals surface area (Å²) in [6.07, 6.45) is 1.04. The molecular formula is C17H18Cl2N2S2. The van der Waals surface area contributed by atoms with Crippen LogP contribution in [0.15, 0.2) is 48.5 Å². The summed E-state index contributed by atoms with van der Waals surface area (Å²) in [5, 5.41) is 8.51. The Morgan fingerprint density at radius 3 is 2.52 bits per heavy atom. The lowest BCUT2D eigenvalue weighted by Crippen LogP contribution is -2.29. The van der Waals surface area contributed by atoms with Gasteiger partial charge in [0.1, 0.15) is 0 Å². The number of thiocarbonyl (C=S) groups is 1. The molecule has 6 heteroatoms. The molecule has 2 rings (SSSR count). The van der Waals surface area contributed by atoms with Crippen molar-refractivity contribution in [3.63, 3.8) is 0 Å². The van der Waals surface area contributed by atoms with Gasteiger partial charge in [0.25, 0.3) is 0 Å². The molecule has 0 radical (unpaired) electrons. The van der Waals surface area contributed by atoms with Crippen LogP contribution in [0.1, 0.15) is 12.0 Å². The number of anilines is 1. The van der Waals surface area contributed by atoms with Crippen LogP contribution in [0.4, 0.5) is 5.69 Å². The van der Waals surface area contributed by atoms with Crippen molar-refractivity contribution in [3.8, 4) is 0 Å². The molecule has 0 saturated carbocycles. The number of benzene rings is 2. The molecule has 122 valence electrons. The quantitative estimate of drug-likeness (QED) is 0.478. The SMILES string of the molecule is S=C(NCCCSCc1ccccc1Cl)Nc1ccc(Cl)cc1. The fourth-order valence-corrected chi connectivity index (χ4v) is 3.47. The van der Waals surface area contributed by atoms with Gasteiger partial charge in [-0.2, -0.15) is 11.8 Å². The van der Waals surface area contributed by atoms with E-state index in [2.05, 4.69) is 16.7 Å². The van der Waals surface area contributed by atoms with E-state index in [4.69, 9.17) is 35.4 Å². The Kier molecular flexibility index (Phi) is 8.03. The minimum Gasteiger partial charge on any atom is -0.362 e. The van der Waals surface area contributed by atoms with Crippen LogP contribution in [0.3, 0.4) is 0 Å². The van der Waals surface area contributed by atoms with E-state index in [1.807, 2.05) is 54.2 Å². The number of hydrogen-bond acceptors (Lipinski definition) is 2. The lowest BCUT2D eigenvalue weighted by atomic mass is 10.2. The summed E-state index contributed by atoms with van der Waals surface area (Å²) in [7, 11) is 0. The van der Waals surface area contributed by atoms with E-state index >= 15 is 0 Å². The third-order valence-corrected chi connectivity index (χ3v) is 5.03. The summed E-state index contributed by atoms with van der Waals surface area (Å²) < 4.78 is 0. The molecule has 23 heavy (non-hydrogen) atoms. The molecule has 0 spiro atoms. The van der Waals surface area contributed by atoms with Crippen LogP contribution >= 0.6 is 47.2 Å². The average Bonchev–Trinajstić information content (AvgIpc) is 2.54. The fourth-order valence-electron chi connectivity index (χ4n) is 1.88. The molecule has 2 N–H and O–H groups in total. The van der Waals surface area contributed by atoms with Crippen LogP contribution in [0, 0.1) is 0 Å². The van der Waals surface area contributed by atoms with Gasteiger partial charge in [-0.1, -0.05) is 41.4 Å². The van der Waals surface area contributed by atoms with E-state index in [1.54, 1.807) is 0 Å². The molecule has 0 bridgehead atoms. The van der Waals surface area contributed by atoms with Crippen LogP contribution in [0.2, 0.25) is 10.0 Å². The Hall–Kier alpha value is -0.940. The number of hydrogen-bond donors (Lipinski definition) is 2. The van der Waals surface area contributed by atoms with E-state index in [1.165, 1.54) is 5.56 Å². The molecule has 2 aromatic carbocycles. The maximum Gasteiger partial charge on any atom is 0.170 e. The molecule has 0 aromatic heterocycles. The fraction of sp³-hybridized carbons (Fsp3) is 0.235. The van der Waals surface area contributed by atoms with Crippen molar-refractivity contribution < 1.29 is 0 Å². The molecule has 0 aliphatic carbocycles. The van der Waals surface area contributed by atoms with Crippen molar-refractivity contribution in [2.45, 2.75) is 12.2 Å². The topological polar surface area (TPSA) is 24.1 Å². The highest BCUT2D eigenvalue weighted by atomic mass is 35.5. The van der Waals surface area contributed by atoms with Crippen molar-refractivity contribution in [2.75, 3.05) is 17.6 Å². The van der Waals surface area contributed by atoms with Gasteiger partial charge in [-0.05, 0) is 60.3 Å². The molecule has 2 aromatic rings. The predicted octanol–water partition coefficient (Wildman–Crippen LogP) is 5.60. The lowest BCUT2D eigenvalue weighted by molar-refractivity contribution is 0.854. The van der Waals surface area contributed by atoms with Gasteiger partial charge in [0.15, 0.2) is 5.11 Å². The van der Waals surface area contributed by atoms with Gasteiger partial charge >= 0.3 is 0 Å². The Balaban J connectivity index is 1.57. The number of halogens is 2. The van der Waals surface area contributed by atoms with E-state index in [-0.39, 0.29) is 0 Å². The zero-order chi connectivity index (χ0) is 16.5. The van der Waals surface area contributed by atoms with Gasteiger partial charge in [-0.3, -0.25) is 0 Å². The number of rotatable bonds is 7. The second-order valence-electron chi connectivity index (χ2n) is 4.89.